The fraction of sp³-hybridized carbons (Fsp3) is 0.214. The van der Waals surface area contributed by atoms with Crippen molar-refractivity contribution in [3.05, 3.63) is 45.9 Å². The monoisotopic (exact) mass is 343 g/mol. The zero-order valence-electron chi connectivity index (χ0n) is 11.7. The van der Waals surface area contributed by atoms with Crippen molar-refractivity contribution in [2.45, 2.75) is 17.7 Å². The topological polar surface area (TPSA) is 86.5 Å². The molecule has 0 saturated carbocycles. The van der Waals surface area contributed by atoms with Gasteiger partial charge in [-0.25, -0.2) is 17.9 Å². The molecule has 5 nitrogen and oxygen atoms in total. The van der Waals surface area contributed by atoms with E-state index in [1.165, 1.54) is 36.8 Å². The number of benzene rings is 1. The Kier molecular flexibility index (Phi) is 4.94. The van der Waals surface area contributed by atoms with Crippen molar-refractivity contribution in [1.82, 2.24) is 0 Å². The fourth-order valence-corrected chi connectivity index (χ4v) is 3.30. The number of ether oxygens (including phenoxy) is 1. The van der Waals surface area contributed by atoms with E-state index >= 15 is 0 Å². The van der Waals surface area contributed by atoms with E-state index in [-0.39, 0.29) is 29.3 Å². The van der Waals surface area contributed by atoms with Crippen LogP contribution in [0.3, 0.4) is 0 Å². The van der Waals surface area contributed by atoms with Crippen LogP contribution < -0.4 is 9.88 Å². The summed E-state index contributed by atoms with van der Waals surface area (Å²) in [5.74, 6) is -0.553. The van der Waals surface area contributed by atoms with Crippen LogP contribution in [-0.4, -0.2) is 21.3 Å². The normalized spacial score (nSPS) is 11.4. The average Bonchev–Trinajstić information content (AvgIpc) is 2.79. The first-order chi connectivity index (χ1) is 10.3. The summed E-state index contributed by atoms with van der Waals surface area (Å²) in [7, 11) is -2.38. The van der Waals surface area contributed by atoms with Gasteiger partial charge in [0.2, 0.25) is 10.0 Å². The Balaban J connectivity index is 2.04. The SMILES string of the molecule is COc1csc(CC(=O)Cc2ccc(S(N)(=O)=O)cc2)c1F. The van der Waals surface area contributed by atoms with Crippen LogP contribution >= 0.6 is 11.3 Å². The number of rotatable bonds is 6. The molecule has 2 rings (SSSR count). The van der Waals surface area contributed by atoms with Crippen LogP contribution in [0.1, 0.15) is 10.4 Å². The molecule has 0 atom stereocenters. The maximum absolute atomic E-state index is 13.8. The number of carbonyl (C=O) groups is 1. The summed E-state index contributed by atoms with van der Waals surface area (Å²) in [4.78, 5) is 12.3. The molecule has 0 fully saturated rings. The van der Waals surface area contributed by atoms with E-state index < -0.39 is 15.8 Å². The summed E-state index contributed by atoms with van der Waals surface area (Å²) in [6.07, 6.45) is 0.0569. The molecule has 1 heterocycles. The Bertz CT molecular complexity index is 782. The van der Waals surface area contributed by atoms with Gasteiger partial charge in [-0.1, -0.05) is 12.1 Å². The van der Waals surface area contributed by atoms with Crippen LogP contribution in [0.25, 0.3) is 0 Å². The van der Waals surface area contributed by atoms with Gasteiger partial charge in [0.15, 0.2) is 11.6 Å². The summed E-state index contributed by atoms with van der Waals surface area (Å²) in [5.41, 5.74) is 0.640. The Hall–Kier alpha value is -1.77. The lowest BCUT2D eigenvalue weighted by Crippen LogP contribution is -2.12. The molecule has 0 unspecified atom stereocenters. The molecule has 0 aliphatic rings. The van der Waals surface area contributed by atoms with Gasteiger partial charge in [-0.05, 0) is 17.7 Å². The van der Waals surface area contributed by atoms with Crippen molar-refractivity contribution < 1.29 is 22.3 Å². The lowest BCUT2D eigenvalue weighted by atomic mass is 10.1. The number of Topliss-reactive ketones (excluding diaryl/α,β-unsaturated/α-hetero) is 1. The fourth-order valence-electron chi connectivity index (χ4n) is 1.89. The van der Waals surface area contributed by atoms with E-state index in [1.54, 1.807) is 0 Å². The van der Waals surface area contributed by atoms with E-state index in [0.717, 1.165) is 11.3 Å². The van der Waals surface area contributed by atoms with Crippen LogP contribution in [0.4, 0.5) is 4.39 Å². The molecular formula is C14H14FNO4S2. The first-order valence-electron chi connectivity index (χ1n) is 6.24. The maximum Gasteiger partial charge on any atom is 0.238 e. The first kappa shape index (κ1) is 16.6. The smallest absolute Gasteiger partial charge is 0.238 e. The largest absolute Gasteiger partial charge is 0.493 e. The number of hydrogen-bond donors (Lipinski definition) is 1. The molecule has 0 spiro atoms. The van der Waals surface area contributed by atoms with E-state index in [2.05, 4.69) is 0 Å². The molecule has 0 radical (unpaired) electrons. The Morgan fingerprint density at radius 1 is 1.27 bits per heavy atom. The second-order valence-corrected chi connectivity index (χ2v) is 7.15. The van der Waals surface area contributed by atoms with Crippen LogP contribution in [0.2, 0.25) is 0 Å². The Morgan fingerprint density at radius 2 is 1.91 bits per heavy atom. The highest BCUT2D eigenvalue weighted by Crippen LogP contribution is 2.28. The molecular weight excluding hydrogens is 329 g/mol. The number of sulfonamides is 1. The van der Waals surface area contributed by atoms with Crippen molar-refractivity contribution >= 4 is 27.1 Å². The second-order valence-electron chi connectivity index (χ2n) is 4.62. The number of methoxy groups -OCH3 is 1. The van der Waals surface area contributed by atoms with Crippen molar-refractivity contribution in [2.24, 2.45) is 5.14 Å². The minimum atomic E-state index is -3.75. The molecule has 1 aromatic heterocycles. The van der Waals surface area contributed by atoms with Gasteiger partial charge in [-0.15, -0.1) is 11.3 Å². The van der Waals surface area contributed by atoms with Gasteiger partial charge in [0.25, 0.3) is 0 Å². The van der Waals surface area contributed by atoms with Crippen LogP contribution in [0, 0.1) is 5.82 Å². The molecule has 2 N–H and O–H groups in total. The minimum Gasteiger partial charge on any atom is -0.493 e. The number of halogens is 1. The summed E-state index contributed by atoms with van der Waals surface area (Å²) in [5, 5.41) is 6.51. The molecule has 22 heavy (non-hydrogen) atoms. The molecule has 1 aromatic carbocycles. The average molecular weight is 343 g/mol. The standard InChI is InChI=1S/C14H14FNO4S2/c1-20-12-8-21-13(14(12)15)7-10(17)6-9-2-4-11(5-3-9)22(16,18)19/h2-5,8H,6-7H2,1H3,(H2,16,18,19). The van der Waals surface area contributed by atoms with Gasteiger partial charge in [0.05, 0.1) is 16.9 Å². The Labute approximate surface area is 131 Å². The van der Waals surface area contributed by atoms with Gasteiger partial charge in [-0.2, -0.15) is 0 Å². The lowest BCUT2D eigenvalue weighted by molar-refractivity contribution is -0.117. The third-order valence-electron chi connectivity index (χ3n) is 3.00. The van der Waals surface area contributed by atoms with Crippen molar-refractivity contribution in [3.8, 4) is 5.75 Å². The van der Waals surface area contributed by atoms with Crippen LogP contribution in [0.5, 0.6) is 5.75 Å². The van der Waals surface area contributed by atoms with Crippen LogP contribution in [-0.2, 0) is 27.7 Å². The summed E-state index contributed by atoms with van der Waals surface area (Å²) >= 11 is 1.13. The second kappa shape index (κ2) is 6.55. The van der Waals surface area contributed by atoms with Crippen molar-refractivity contribution in [2.75, 3.05) is 7.11 Å². The van der Waals surface area contributed by atoms with Gasteiger partial charge < -0.3 is 4.74 Å². The summed E-state index contributed by atoms with van der Waals surface area (Å²) in [6, 6.07) is 5.71. The number of nitrogens with two attached hydrogens (primary N) is 1. The summed E-state index contributed by atoms with van der Waals surface area (Å²) < 4.78 is 40.9. The summed E-state index contributed by atoms with van der Waals surface area (Å²) in [6.45, 7) is 0. The number of hydrogen-bond acceptors (Lipinski definition) is 5. The molecule has 118 valence electrons. The van der Waals surface area contributed by atoms with Gasteiger partial charge in [0.1, 0.15) is 5.78 Å². The minimum absolute atomic E-state index is 0.0160. The van der Waals surface area contributed by atoms with Gasteiger partial charge >= 0.3 is 0 Å². The highest BCUT2D eigenvalue weighted by atomic mass is 32.2. The molecule has 8 heteroatoms. The zero-order chi connectivity index (χ0) is 16.3. The van der Waals surface area contributed by atoms with Crippen LogP contribution in [0.15, 0.2) is 34.5 Å². The quantitative estimate of drug-likeness (QED) is 0.868. The molecule has 0 amide bonds. The molecule has 2 aromatic rings. The zero-order valence-corrected chi connectivity index (χ0v) is 13.3. The number of thiophene rings is 1. The van der Waals surface area contributed by atoms with E-state index in [4.69, 9.17) is 9.88 Å². The molecule has 0 bridgehead atoms. The lowest BCUT2D eigenvalue weighted by Gasteiger charge is -2.03. The van der Waals surface area contributed by atoms with Gasteiger partial charge in [0, 0.05) is 18.2 Å². The van der Waals surface area contributed by atoms with Crippen molar-refractivity contribution in [3.63, 3.8) is 0 Å². The van der Waals surface area contributed by atoms with Gasteiger partial charge in [-0.3, -0.25) is 4.79 Å². The highest BCUT2D eigenvalue weighted by molar-refractivity contribution is 7.89. The molecule has 0 saturated heterocycles. The highest BCUT2D eigenvalue weighted by Gasteiger charge is 2.16. The number of ketones is 1. The van der Waals surface area contributed by atoms with E-state index in [9.17, 15) is 17.6 Å². The maximum atomic E-state index is 13.8. The number of primary sulfonamides is 1. The first-order valence-corrected chi connectivity index (χ1v) is 8.67. The van der Waals surface area contributed by atoms with E-state index in [1.807, 2.05) is 0 Å². The third-order valence-corrected chi connectivity index (χ3v) is 4.87. The predicted octanol–water partition coefficient (Wildman–Crippen LogP) is 1.90. The number of carbonyl (C=O) groups excluding carboxylic acids is 1. The third kappa shape index (κ3) is 3.90. The molecule has 0 aliphatic heterocycles. The van der Waals surface area contributed by atoms with Crippen molar-refractivity contribution in [1.29, 1.82) is 0 Å². The Morgan fingerprint density at radius 3 is 2.41 bits per heavy atom. The van der Waals surface area contributed by atoms with E-state index in [0.29, 0.717) is 10.4 Å². The molecule has 0 aliphatic carbocycles. The predicted molar refractivity (Wildman–Crippen MR) is 81.1 cm³/mol.